The van der Waals surface area contributed by atoms with Crippen LogP contribution < -0.4 is 10.6 Å². The number of rotatable bonds is 7. The molecule has 0 aromatic carbocycles. The first-order valence-corrected chi connectivity index (χ1v) is 6.55. The first-order valence-electron chi connectivity index (χ1n) is 6.55. The van der Waals surface area contributed by atoms with Gasteiger partial charge >= 0.3 is 0 Å². The molecule has 0 aliphatic carbocycles. The predicted molar refractivity (Wildman–Crippen MR) is 75.4 cm³/mol. The van der Waals surface area contributed by atoms with Gasteiger partial charge in [0.1, 0.15) is 5.82 Å². The summed E-state index contributed by atoms with van der Waals surface area (Å²) in [5.41, 5.74) is 0.332. The zero-order valence-electron chi connectivity index (χ0n) is 11.4. The maximum absolute atomic E-state index is 11.8. The highest BCUT2D eigenvalue weighted by Crippen LogP contribution is 2.00. The molecule has 0 saturated heterocycles. The van der Waals surface area contributed by atoms with Crippen LogP contribution in [-0.4, -0.2) is 39.2 Å². The monoisotopic (exact) mass is 274 g/mol. The molecule has 0 aliphatic rings. The second-order valence-electron chi connectivity index (χ2n) is 4.32. The van der Waals surface area contributed by atoms with Gasteiger partial charge in [0.2, 0.25) is 0 Å². The summed E-state index contributed by atoms with van der Waals surface area (Å²) in [4.78, 5) is 15.8. The summed E-state index contributed by atoms with van der Waals surface area (Å²) in [5, 5.41) is 13.4. The molecule has 0 bridgehead atoms. The number of carbonyl (C=O) groups excluding carboxylic acids is 1. The molecule has 0 unspecified atom stereocenters. The number of imidazole rings is 1. The summed E-state index contributed by atoms with van der Waals surface area (Å²) in [6.07, 6.45) is 7.37. The summed E-state index contributed by atoms with van der Waals surface area (Å²) < 4.78 is 2.02. The Kier molecular flexibility index (Phi) is 5.05. The SMILES string of the molecule is CNc1ccc(C(=O)NCCCCn2ccnc2)nn1. The van der Waals surface area contributed by atoms with Crippen LogP contribution in [0.15, 0.2) is 30.9 Å². The molecule has 20 heavy (non-hydrogen) atoms. The van der Waals surface area contributed by atoms with E-state index in [4.69, 9.17) is 0 Å². The fraction of sp³-hybridized carbons (Fsp3) is 0.385. The molecule has 2 aromatic heterocycles. The van der Waals surface area contributed by atoms with Gasteiger partial charge in [0.05, 0.1) is 6.33 Å². The quantitative estimate of drug-likeness (QED) is 0.734. The van der Waals surface area contributed by atoms with Crippen molar-refractivity contribution in [3.63, 3.8) is 0 Å². The maximum Gasteiger partial charge on any atom is 0.271 e. The number of hydrogen-bond donors (Lipinski definition) is 2. The Labute approximate surface area is 117 Å². The Morgan fingerprint density at radius 2 is 2.20 bits per heavy atom. The topological polar surface area (TPSA) is 84.7 Å². The van der Waals surface area contributed by atoms with Gasteiger partial charge in [0, 0.05) is 32.5 Å². The third-order valence-electron chi connectivity index (χ3n) is 2.84. The average molecular weight is 274 g/mol. The summed E-state index contributed by atoms with van der Waals surface area (Å²) in [6, 6.07) is 3.38. The van der Waals surface area contributed by atoms with E-state index in [9.17, 15) is 4.79 Å². The molecule has 0 atom stereocenters. The molecular weight excluding hydrogens is 256 g/mol. The molecule has 1 amide bonds. The molecule has 0 fully saturated rings. The number of carbonyl (C=O) groups is 1. The lowest BCUT2D eigenvalue weighted by atomic mass is 10.3. The lowest BCUT2D eigenvalue weighted by Gasteiger charge is -2.05. The lowest BCUT2D eigenvalue weighted by molar-refractivity contribution is 0.0947. The fourth-order valence-electron chi connectivity index (χ4n) is 1.72. The molecule has 2 N–H and O–H groups in total. The van der Waals surface area contributed by atoms with E-state index < -0.39 is 0 Å². The van der Waals surface area contributed by atoms with Crippen molar-refractivity contribution >= 4 is 11.7 Å². The Morgan fingerprint density at radius 1 is 1.30 bits per heavy atom. The van der Waals surface area contributed by atoms with Crippen LogP contribution in [0.2, 0.25) is 0 Å². The molecule has 0 radical (unpaired) electrons. The van der Waals surface area contributed by atoms with Crippen molar-refractivity contribution in [1.82, 2.24) is 25.1 Å². The van der Waals surface area contributed by atoms with Crippen molar-refractivity contribution in [3.8, 4) is 0 Å². The van der Waals surface area contributed by atoms with Crippen LogP contribution >= 0.6 is 0 Å². The molecule has 2 aromatic rings. The Bertz CT molecular complexity index is 522. The third kappa shape index (κ3) is 4.04. The summed E-state index contributed by atoms with van der Waals surface area (Å²) in [6.45, 7) is 1.54. The molecule has 106 valence electrons. The second-order valence-corrected chi connectivity index (χ2v) is 4.32. The molecule has 0 spiro atoms. The number of amides is 1. The van der Waals surface area contributed by atoms with E-state index in [2.05, 4.69) is 25.8 Å². The highest BCUT2D eigenvalue weighted by atomic mass is 16.1. The number of anilines is 1. The van der Waals surface area contributed by atoms with E-state index in [-0.39, 0.29) is 5.91 Å². The van der Waals surface area contributed by atoms with Gasteiger partial charge in [-0.2, -0.15) is 0 Å². The van der Waals surface area contributed by atoms with E-state index in [1.807, 2.05) is 10.8 Å². The maximum atomic E-state index is 11.8. The first-order chi connectivity index (χ1) is 9.79. The standard InChI is InChI=1S/C13H18N6O/c1-14-12-5-4-11(17-18-12)13(20)16-6-2-3-8-19-9-7-15-10-19/h4-5,7,9-10H,2-3,6,8H2,1H3,(H,14,18)(H,16,20). The number of nitrogens with zero attached hydrogens (tertiary/aromatic N) is 4. The smallest absolute Gasteiger partial charge is 0.271 e. The first kappa shape index (κ1) is 14.0. The normalized spacial score (nSPS) is 10.2. The average Bonchev–Trinajstić information content (AvgIpc) is 3.00. The van der Waals surface area contributed by atoms with E-state index >= 15 is 0 Å². The number of hydrogen-bond acceptors (Lipinski definition) is 5. The van der Waals surface area contributed by atoms with Gasteiger partial charge in [-0.1, -0.05) is 0 Å². The summed E-state index contributed by atoms with van der Waals surface area (Å²) >= 11 is 0. The third-order valence-corrected chi connectivity index (χ3v) is 2.84. The van der Waals surface area contributed by atoms with Gasteiger partial charge in [-0.15, -0.1) is 10.2 Å². The van der Waals surface area contributed by atoms with Crippen molar-refractivity contribution < 1.29 is 4.79 Å². The van der Waals surface area contributed by atoms with E-state index in [0.29, 0.717) is 18.1 Å². The van der Waals surface area contributed by atoms with Gasteiger partial charge in [-0.05, 0) is 25.0 Å². The van der Waals surface area contributed by atoms with Crippen LogP contribution in [0.1, 0.15) is 23.3 Å². The number of nitrogens with one attached hydrogen (secondary N) is 2. The molecule has 2 heterocycles. The van der Waals surface area contributed by atoms with Crippen molar-refractivity contribution in [2.75, 3.05) is 18.9 Å². The minimum Gasteiger partial charge on any atom is -0.372 e. The number of unbranched alkanes of at least 4 members (excludes halogenated alkanes) is 1. The van der Waals surface area contributed by atoms with Crippen molar-refractivity contribution in [3.05, 3.63) is 36.5 Å². The number of aromatic nitrogens is 4. The van der Waals surface area contributed by atoms with Crippen LogP contribution in [0.5, 0.6) is 0 Å². The zero-order valence-corrected chi connectivity index (χ0v) is 11.4. The van der Waals surface area contributed by atoms with E-state index in [1.165, 1.54) is 0 Å². The van der Waals surface area contributed by atoms with Gasteiger partial charge in [0.25, 0.3) is 5.91 Å². The molecule has 7 heteroatoms. The van der Waals surface area contributed by atoms with Gasteiger partial charge in [-0.3, -0.25) is 4.79 Å². The second kappa shape index (κ2) is 7.22. The van der Waals surface area contributed by atoms with Crippen molar-refractivity contribution in [2.24, 2.45) is 0 Å². The van der Waals surface area contributed by atoms with Gasteiger partial charge in [0.15, 0.2) is 5.69 Å². The largest absolute Gasteiger partial charge is 0.372 e. The highest BCUT2D eigenvalue weighted by Gasteiger charge is 2.06. The van der Waals surface area contributed by atoms with Crippen LogP contribution in [0.25, 0.3) is 0 Å². The molecule has 2 rings (SSSR count). The molecular formula is C13H18N6O. The summed E-state index contributed by atoms with van der Waals surface area (Å²) in [5.74, 6) is 0.449. The Hall–Kier alpha value is -2.44. The molecule has 0 aliphatic heterocycles. The predicted octanol–water partition coefficient (Wildman–Crippen LogP) is 0.925. The van der Waals surface area contributed by atoms with Crippen molar-refractivity contribution in [1.29, 1.82) is 0 Å². The van der Waals surface area contributed by atoms with Crippen LogP contribution in [0.3, 0.4) is 0 Å². The van der Waals surface area contributed by atoms with Crippen LogP contribution in [0, 0.1) is 0 Å². The molecule has 0 saturated carbocycles. The highest BCUT2D eigenvalue weighted by molar-refractivity contribution is 5.92. The number of aryl methyl sites for hydroxylation is 1. The minimum atomic E-state index is -0.192. The van der Waals surface area contributed by atoms with Gasteiger partial charge < -0.3 is 15.2 Å². The van der Waals surface area contributed by atoms with Crippen molar-refractivity contribution in [2.45, 2.75) is 19.4 Å². The van der Waals surface area contributed by atoms with E-state index in [0.717, 1.165) is 19.4 Å². The van der Waals surface area contributed by atoms with Crippen LogP contribution in [0.4, 0.5) is 5.82 Å². The van der Waals surface area contributed by atoms with Crippen LogP contribution in [-0.2, 0) is 6.54 Å². The summed E-state index contributed by atoms with van der Waals surface area (Å²) in [7, 11) is 1.75. The zero-order chi connectivity index (χ0) is 14.2. The Balaban J connectivity index is 1.66. The molecule has 7 nitrogen and oxygen atoms in total. The minimum absolute atomic E-state index is 0.192. The van der Waals surface area contributed by atoms with E-state index in [1.54, 1.807) is 31.7 Å². The van der Waals surface area contributed by atoms with Gasteiger partial charge in [-0.25, -0.2) is 4.98 Å². The fourth-order valence-corrected chi connectivity index (χ4v) is 1.72. The lowest BCUT2D eigenvalue weighted by Crippen LogP contribution is -2.25. The Morgan fingerprint density at radius 3 is 2.85 bits per heavy atom.